The molecule has 7 nitrogen and oxygen atoms in total. The Morgan fingerprint density at radius 1 is 1.33 bits per heavy atom. The molecule has 1 heterocycles. The molecular formula is C16H22ClN3O4. The van der Waals surface area contributed by atoms with Gasteiger partial charge in [0.05, 0.1) is 19.2 Å². The number of nitrogens with one attached hydrogen (secondary N) is 1. The third kappa shape index (κ3) is 4.83. The Kier molecular flexibility index (Phi) is 6.42. The number of carbonyl (C=O) groups is 2. The van der Waals surface area contributed by atoms with E-state index in [9.17, 15) is 14.7 Å². The van der Waals surface area contributed by atoms with E-state index >= 15 is 0 Å². The molecule has 2 N–H and O–H groups in total. The molecule has 24 heavy (non-hydrogen) atoms. The molecule has 0 aromatic heterocycles. The maximum Gasteiger partial charge on any atom is 0.321 e. The van der Waals surface area contributed by atoms with Crippen LogP contribution in [0.4, 0.5) is 5.69 Å². The Hall–Kier alpha value is -1.83. The molecule has 1 aromatic carbocycles. The lowest BCUT2D eigenvalue weighted by Crippen LogP contribution is -2.52. The van der Waals surface area contributed by atoms with Crippen LogP contribution in [-0.4, -0.2) is 73.2 Å². The molecular weight excluding hydrogens is 334 g/mol. The maximum absolute atomic E-state index is 12.3. The molecule has 0 bridgehead atoms. The van der Waals surface area contributed by atoms with E-state index in [1.807, 2.05) is 11.9 Å². The van der Waals surface area contributed by atoms with Crippen molar-refractivity contribution in [2.45, 2.75) is 12.5 Å². The molecule has 132 valence electrons. The topological polar surface area (TPSA) is 82.1 Å². The normalized spacial score (nSPS) is 17.3. The van der Waals surface area contributed by atoms with Crippen molar-refractivity contribution in [3.8, 4) is 5.75 Å². The number of hydrogen-bond donors (Lipinski definition) is 2. The summed E-state index contributed by atoms with van der Waals surface area (Å²) in [4.78, 5) is 27.8. The summed E-state index contributed by atoms with van der Waals surface area (Å²) in [6, 6.07) is 4.03. The van der Waals surface area contributed by atoms with Gasteiger partial charge in [-0.3, -0.25) is 14.5 Å². The summed E-state index contributed by atoms with van der Waals surface area (Å²) in [6.07, 6.45) is -0.130. The minimum Gasteiger partial charge on any atom is -0.495 e. The molecule has 8 heteroatoms. The highest BCUT2D eigenvalue weighted by molar-refractivity contribution is 6.31. The summed E-state index contributed by atoms with van der Waals surface area (Å²) in [5.74, 6) is -0.908. The van der Waals surface area contributed by atoms with Crippen LogP contribution in [0.15, 0.2) is 18.2 Å². The van der Waals surface area contributed by atoms with Gasteiger partial charge in [0.15, 0.2) is 0 Å². The molecule has 2 rings (SSSR count). The van der Waals surface area contributed by atoms with Gasteiger partial charge in [0.1, 0.15) is 11.8 Å². The number of carbonyl (C=O) groups excluding carboxylic acids is 1. The average molecular weight is 356 g/mol. The molecule has 1 saturated heterocycles. The molecule has 0 unspecified atom stereocenters. The number of aliphatic carboxylic acids is 1. The minimum absolute atomic E-state index is 0.130. The van der Waals surface area contributed by atoms with E-state index < -0.39 is 12.0 Å². The van der Waals surface area contributed by atoms with Gasteiger partial charge in [0.2, 0.25) is 5.91 Å². The van der Waals surface area contributed by atoms with Gasteiger partial charge in [-0.2, -0.15) is 0 Å². The van der Waals surface area contributed by atoms with E-state index in [0.29, 0.717) is 29.5 Å². The molecule has 0 saturated carbocycles. The van der Waals surface area contributed by atoms with Crippen LogP contribution in [0, 0.1) is 0 Å². The van der Waals surface area contributed by atoms with E-state index in [4.69, 9.17) is 16.3 Å². The van der Waals surface area contributed by atoms with Crippen molar-refractivity contribution in [2.24, 2.45) is 0 Å². The maximum atomic E-state index is 12.3. The van der Waals surface area contributed by atoms with Gasteiger partial charge in [0, 0.05) is 31.2 Å². The first-order chi connectivity index (χ1) is 11.4. The number of ether oxygens (including phenoxy) is 1. The molecule has 1 atom stereocenters. The Balaban J connectivity index is 2.03. The van der Waals surface area contributed by atoms with Gasteiger partial charge in [-0.15, -0.1) is 0 Å². The lowest BCUT2D eigenvalue weighted by Gasteiger charge is -2.35. The van der Waals surface area contributed by atoms with E-state index in [2.05, 4.69) is 10.2 Å². The van der Waals surface area contributed by atoms with Crippen LogP contribution in [-0.2, 0) is 9.59 Å². The second kappa shape index (κ2) is 8.32. The number of piperazine rings is 1. The molecule has 1 amide bonds. The Bertz CT molecular complexity index is 603. The van der Waals surface area contributed by atoms with Gasteiger partial charge in [-0.05, 0) is 25.2 Å². The van der Waals surface area contributed by atoms with Gasteiger partial charge in [-0.1, -0.05) is 11.6 Å². The molecule has 1 fully saturated rings. The number of methoxy groups -OCH3 is 1. The van der Waals surface area contributed by atoms with Crippen molar-refractivity contribution < 1.29 is 19.4 Å². The van der Waals surface area contributed by atoms with Gasteiger partial charge in [0.25, 0.3) is 0 Å². The number of likely N-dealkylation sites (N-methyl/N-ethyl adjacent to an activating group) is 1. The second-order valence-electron chi connectivity index (χ2n) is 5.79. The third-order valence-corrected chi connectivity index (χ3v) is 4.31. The second-order valence-corrected chi connectivity index (χ2v) is 6.23. The van der Waals surface area contributed by atoms with Crippen LogP contribution in [0.5, 0.6) is 5.75 Å². The standard InChI is InChI=1S/C16H22ClN3O4/c1-19-5-7-20(8-6-19)13(16(22)23)10-15(21)18-12-9-11(17)3-4-14(12)24-2/h3-4,9,13H,5-8,10H2,1-2H3,(H,18,21)(H,22,23)/t13-/m0/s1. The fraction of sp³-hybridized carbons (Fsp3) is 0.500. The number of rotatable bonds is 6. The smallest absolute Gasteiger partial charge is 0.321 e. The van der Waals surface area contributed by atoms with Crippen LogP contribution in [0.2, 0.25) is 5.02 Å². The van der Waals surface area contributed by atoms with Crippen molar-refractivity contribution in [2.75, 3.05) is 45.7 Å². The van der Waals surface area contributed by atoms with Crippen molar-refractivity contribution in [3.63, 3.8) is 0 Å². The summed E-state index contributed by atoms with van der Waals surface area (Å²) in [5.41, 5.74) is 0.428. The highest BCUT2D eigenvalue weighted by atomic mass is 35.5. The highest BCUT2D eigenvalue weighted by Gasteiger charge is 2.30. The zero-order valence-corrected chi connectivity index (χ0v) is 14.5. The van der Waals surface area contributed by atoms with Crippen LogP contribution in [0.25, 0.3) is 0 Å². The van der Waals surface area contributed by atoms with Gasteiger partial charge >= 0.3 is 5.97 Å². The van der Waals surface area contributed by atoms with E-state index in [1.54, 1.807) is 18.2 Å². The summed E-state index contributed by atoms with van der Waals surface area (Å²) in [5, 5.41) is 12.6. The number of amides is 1. The zero-order valence-electron chi connectivity index (χ0n) is 13.8. The highest BCUT2D eigenvalue weighted by Crippen LogP contribution is 2.28. The SMILES string of the molecule is COc1ccc(Cl)cc1NC(=O)C[C@@H](C(=O)O)N1CCN(C)CC1. The van der Waals surface area contributed by atoms with Gasteiger partial charge < -0.3 is 20.1 Å². The van der Waals surface area contributed by atoms with Crippen molar-refractivity contribution in [1.29, 1.82) is 0 Å². The summed E-state index contributed by atoms with van der Waals surface area (Å²) >= 11 is 5.93. The lowest BCUT2D eigenvalue weighted by atomic mass is 10.1. The zero-order chi connectivity index (χ0) is 17.7. The Morgan fingerprint density at radius 3 is 2.58 bits per heavy atom. The predicted molar refractivity (Wildman–Crippen MR) is 91.7 cm³/mol. The van der Waals surface area contributed by atoms with Crippen molar-refractivity contribution >= 4 is 29.2 Å². The molecule has 0 spiro atoms. The molecule has 1 aliphatic heterocycles. The minimum atomic E-state index is -0.993. The molecule has 1 aromatic rings. The summed E-state index contributed by atoms with van der Waals surface area (Å²) < 4.78 is 5.18. The first-order valence-corrected chi connectivity index (χ1v) is 8.07. The number of anilines is 1. The summed E-state index contributed by atoms with van der Waals surface area (Å²) in [6.45, 7) is 2.82. The van der Waals surface area contributed by atoms with Crippen LogP contribution < -0.4 is 10.1 Å². The monoisotopic (exact) mass is 355 g/mol. The average Bonchev–Trinajstić information content (AvgIpc) is 2.53. The molecule has 0 radical (unpaired) electrons. The predicted octanol–water partition coefficient (Wildman–Crippen LogP) is 1.38. The van der Waals surface area contributed by atoms with Gasteiger partial charge in [-0.25, -0.2) is 0 Å². The fourth-order valence-electron chi connectivity index (χ4n) is 2.66. The third-order valence-electron chi connectivity index (χ3n) is 4.08. The number of carboxylic acids is 1. The first-order valence-electron chi connectivity index (χ1n) is 7.69. The quantitative estimate of drug-likeness (QED) is 0.802. The number of carboxylic acid groups (broad SMARTS) is 1. The van der Waals surface area contributed by atoms with Crippen molar-refractivity contribution in [1.82, 2.24) is 9.80 Å². The van der Waals surface area contributed by atoms with E-state index in [1.165, 1.54) is 7.11 Å². The molecule has 1 aliphatic rings. The van der Waals surface area contributed by atoms with Crippen molar-refractivity contribution in [3.05, 3.63) is 23.2 Å². The number of halogens is 1. The number of nitrogens with zero attached hydrogens (tertiary/aromatic N) is 2. The van der Waals surface area contributed by atoms with E-state index in [0.717, 1.165) is 13.1 Å². The number of benzene rings is 1. The lowest BCUT2D eigenvalue weighted by molar-refractivity contribution is -0.145. The van der Waals surface area contributed by atoms with Crippen LogP contribution in [0.1, 0.15) is 6.42 Å². The Morgan fingerprint density at radius 2 is 2.00 bits per heavy atom. The largest absolute Gasteiger partial charge is 0.495 e. The Labute approximate surface area is 146 Å². The fourth-order valence-corrected chi connectivity index (χ4v) is 2.83. The summed E-state index contributed by atoms with van der Waals surface area (Å²) in [7, 11) is 3.48. The first kappa shape index (κ1) is 18.5. The molecule has 0 aliphatic carbocycles. The number of hydrogen-bond acceptors (Lipinski definition) is 5. The van der Waals surface area contributed by atoms with Crippen LogP contribution >= 0.6 is 11.6 Å². The van der Waals surface area contributed by atoms with E-state index in [-0.39, 0.29) is 12.3 Å². The van der Waals surface area contributed by atoms with Crippen LogP contribution in [0.3, 0.4) is 0 Å².